The topological polar surface area (TPSA) is 125 Å². The van der Waals surface area contributed by atoms with E-state index in [1.165, 1.54) is 0 Å². The van der Waals surface area contributed by atoms with Gasteiger partial charge in [-0.05, 0) is 6.42 Å². The van der Waals surface area contributed by atoms with Crippen molar-refractivity contribution in [3.63, 3.8) is 0 Å². The zero-order valence-electron chi connectivity index (χ0n) is 11.1. The molecule has 1 atom stereocenters. The summed E-state index contributed by atoms with van der Waals surface area (Å²) in [6.07, 6.45) is 0.315. The number of carbonyl (C=O) groups is 2. The van der Waals surface area contributed by atoms with Crippen LogP contribution in [0.25, 0.3) is 0 Å². The highest BCUT2D eigenvalue weighted by atomic mass is 32.2. The predicted molar refractivity (Wildman–Crippen MR) is 70.3 cm³/mol. The summed E-state index contributed by atoms with van der Waals surface area (Å²) >= 11 is 0. The number of carboxylic acids is 1. The van der Waals surface area contributed by atoms with Gasteiger partial charge in [0.25, 0.3) is 0 Å². The van der Waals surface area contributed by atoms with Crippen LogP contribution in [0.1, 0.15) is 26.7 Å². The van der Waals surface area contributed by atoms with Gasteiger partial charge in [-0.15, -0.1) is 0 Å². The summed E-state index contributed by atoms with van der Waals surface area (Å²) in [6, 6.07) is -1.04. The first kappa shape index (κ1) is 17.6. The minimum Gasteiger partial charge on any atom is -0.481 e. The molecule has 0 saturated carbocycles. The highest BCUT2D eigenvalue weighted by Crippen LogP contribution is 1.96. The van der Waals surface area contributed by atoms with Crippen molar-refractivity contribution in [1.82, 2.24) is 15.4 Å². The molecule has 9 heteroatoms. The minimum atomic E-state index is -3.37. The molecule has 8 nitrogen and oxygen atoms in total. The summed E-state index contributed by atoms with van der Waals surface area (Å²) < 4.78 is 24.8. The van der Waals surface area contributed by atoms with E-state index in [0.29, 0.717) is 13.0 Å². The van der Waals surface area contributed by atoms with Gasteiger partial charge in [0.1, 0.15) is 0 Å². The van der Waals surface area contributed by atoms with Gasteiger partial charge in [0.2, 0.25) is 10.0 Å². The molecule has 0 radical (unpaired) electrons. The first-order valence-corrected chi connectivity index (χ1v) is 7.69. The van der Waals surface area contributed by atoms with Crippen LogP contribution < -0.4 is 15.4 Å². The van der Waals surface area contributed by atoms with Crippen molar-refractivity contribution in [2.75, 3.05) is 18.8 Å². The number of rotatable bonds is 9. The van der Waals surface area contributed by atoms with E-state index >= 15 is 0 Å². The maximum atomic E-state index is 11.4. The maximum Gasteiger partial charge on any atom is 0.315 e. The van der Waals surface area contributed by atoms with Gasteiger partial charge in [-0.25, -0.2) is 17.9 Å². The third-order valence-electron chi connectivity index (χ3n) is 2.27. The fourth-order valence-corrected chi connectivity index (χ4v) is 2.29. The first-order valence-electron chi connectivity index (χ1n) is 6.04. The van der Waals surface area contributed by atoms with Gasteiger partial charge in [-0.1, -0.05) is 13.8 Å². The van der Waals surface area contributed by atoms with E-state index in [0.717, 1.165) is 0 Å². The molecule has 4 N–H and O–H groups in total. The largest absolute Gasteiger partial charge is 0.481 e. The van der Waals surface area contributed by atoms with Crippen LogP contribution in [0.4, 0.5) is 4.79 Å². The Bertz CT molecular complexity index is 396. The van der Waals surface area contributed by atoms with Gasteiger partial charge in [-0.3, -0.25) is 4.79 Å². The highest BCUT2D eigenvalue weighted by molar-refractivity contribution is 7.89. The van der Waals surface area contributed by atoms with Gasteiger partial charge < -0.3 is 15.7 Å². The van der Waals surface area contributed by atoms with Crippen molar-refractivity contribution in [3.8, 4) is 0 Å². The molecule has 0 aliphatic carbocycles. The van der Waals surface area contributed by atoms with Crippen molar-refractivity contribution >= 4 is 22.0 Å². The van der Waals surface area contributed by atoms with Gasteiger partial charge in [0.15, 0.2) is 0 Å². The molecule has 0 aromatic carbocycles. The molecule has 0 saturated heterocycles. The molecular formula is C10H21N3O5S. The number of aliphatic carboxylic acids is 1. The van der Waals surface area contributed by atoms with E-state index in [2.05, 4.69) is 15.4 Å². The third kappa shape index (κ3) is 9.25. The number of carboxylic acid groups (broad SMARTS) is 1. The zero-order valence-corrected chi connectivity index (χ0v) is 11.9. The Morgan fingerprint density at radius 3 is 2.37 bits per heavy atom. The van der Waals surface area contributed by atoms with Crippen LogP contribution in [0, 0.1) is 0 Å². The molecule has 0 aromatic rings. The molecular weight excluding hydrogens is 274 g/mol. The van der Waals surface area contributed by atoms with Crippen molar-refractivity contribution in [2.45, 2.75) is 32.7 Å². The van der Waals surface area contributed by atoms with Crippen LogP contribution in [-0.2, 0) is 14.8 Å². The molecule has 0 aliphatic heterocycles. The molecule has 0 rings (SSSR count). The lowest BCUT2D eigenvalue weighted by Gasteiger charge is -2.15. The van der Waals surface area contributed by atoms with E-state index in [4.69, 9.17) is 5.11 Å². The average Bonchev–Trinajstić information content (AvgIpc) is 2.26. The zero-order chi connectivity index (χ0) is 14.9. The summed E-state index contributed by atoms with van der Waals surface area (Å²) in [6.45, 7) is 3.68. The number of urea groups is 1. The Morgan fingerprint density at radius 1 is 1.26 bits per heavy atom. The van der Waals surface area contributed by atoms with Gasteiger partial charge in [0.05, 0.1) is 12.2 Å². The van der Waals surface area contributed by atoms with Crippen molar-refractivity contribution in [1.29, 1.82) is 0 Å². The number of nitrogens with one attached hydrogen (secondary N) is 3. The molecule has 0 bridgehead atoms. The lowest BCUT2D eigenvalue weighted by atomic mass is 10.1. The maximum absolute atomic E-state index is 11.4. The molecule has 0 fully saturated rings. The van der Waals surface area contributed by atoms with Crippen LogP contribution in [0.3, 0.4) is 0 Å². The molecule has 0 heterocycles. The Hall–Kier alpha value is -1.35. The quantitative estimate of drug-likeness (QED) is 0.455. The Kier molecular flexibility index (Phi) is 8.08. The summed E-state index contributed by atoms with van der Waals surface area (Å²) in [5, 5.41) is 13.5. The van der Waals surface area contributed by atoms with E-state index < -0.39 is 28.1 Å². The smallest absolute Gasteiger partial charge is 0.315 e. The Balaban J connectivity index is 4.01. The molecule has 1 unspecified atom stereocenters. The molecule has 0 spiro atoms. The van der Waals surface area contributed by atoms with Crippen LogP contribution in [-0.4, -0.2) is 50.4 Å². The number of sulfonamides is 1. The van der Waals surface area contributed by atoms with E-state index in [1.54, 1.807) is 13.8 Å². The lowest BCUT2D eigenvalue weighted by molar-refractivity contribution is -0.137. The van der Waals surface area contributed by atoms with E-state index in [-0.39, 0.29) is 18.7 Å². The number of amides is 2. The SMILES string of the molecule is CCNS(=O)(=O)CCNC(=O)NC(CC)CC(=O)O. The Morgan fingerprint density at radius 2 is 1.89 bits per heavy atom. The van der Waals surface area contributed by atoms with Crippen LogP contribution in [0.5, 0.6) is 0 Å². The predicted octanol–water partition coefficient (Wildman–Crippen LogP) is -0.522. The fraction of sp³-hybridized carbons (Fsp3) is 0.800. The monoisotopic (exact) mass is 295 g/mol. The standard InChI is InChI=1S/C10H21N3O5S/c1-3-8(7-9(14)15)13-10(16)11-5-6-19(17,18)12-4-2/h8,12H,3-7H2,1-2H3,(H,14,15)(H2,11,13,16). The molecule has 19 heavy (non-hydrogen) atoms. The first-order chi connectivity index (χ1) is 8.80. The molecule has 0 aliphatic rings. The third-order valence-corrected chi connectivity index (χ3v) is 3.74. The summed E-state index contributed by atoms with van der Waals surface area (Å²) in [7, 11) is -3.37. The van der Waals surface area contributed by atoms with Crippen LogP contribution >= 0.6 is 0 Å². The number of hydrogen-bond donors (Lipinski definition) is 4. The van der Waals surface area contributed by atoms with Gasteiger partial charge in [0, 0.05) is 19.1 Å². The van der Waals surface area contributed by atoms with Crippen LogP contribution in [0.2, 0.25) is 0 Å². The number of carbonyl (C=O) groups excluding carboxylic acids is 1. The van der Waals surface area contributed by atoms with Gasteiger partial charge in [-0.2, -0.15) is 0 Å². The summed E-state index contributed by atoms with van der Waals surface area (Å²) in [4.78, 5) is 21.9. The van der Waals surface area contributed by atoms with Crippen molar-refractivity contribution in [2.24, 2.45) is 0 Å². The minimum absolute atomic E-state index is 0.0370. The molecule has 112 valence electrons. The van der Waals surface area contributed by atoms with Crippen LogP contribution in [0.15, 0.2) is 0 Å². The highest BCUT2D eigenvalue weighted by Gasteiger charge is 2.14. The van der Waals surface area contributed by atoms with E-state index in [1.807, 2.05) is 0 Å². The lowest BCUT2D eigenvalue weighted by Crippen LogP contribution is -2.44. The normalized spacial score (nSPS) is 12.7. The fourth-order valence-electron chi connectivity index (χ4n) is 1.34. The molecule has 2 amide bonds. The summed E-state index contributed by atoms with van der Waals surface area (Å²) in [5.74, 6) is -1.22. The van der Waals surface area contributed by atoms with Crippen molar-refractivity contribution < 1.29 is 23.1 Å². The second-order valence-electron chi connectivity index (χ2n) is 3.92. The van der Waals surface area contributed by atoms with E-state index in [9.17, 15) is 18.0 Å². The summed E-state index contributed by atoms with van der Waals surface area (Å²) in [5.41, 5.74) is 0. The number of hydrogen-bond acceptors (Lipinski definition) is 4. The Labute approximate surface area is 113 Å². The average molecular weight is 295 g/mol. The van der Waals surface area contributed by atoms with Gasteiger partial charge >= 0.3 is 12.0 Å². The molecule has 0 aromatic heterocycles. The second kappa shape index (κ2) is 8.70. The second-order valence-corrected chi connectivity index (χ2v) is 5.85. The van der Waals surface area contributed by atoms with Crippen molar-refractivity contribution in [3.05, 3.63) is 0 Å².